The molecule has 0 bridgehead atoms. The van der Waals surface area contributed by atoms with Gasteiger partial charge in [-0.1, -0.05) is 57.9 Å². The molecule has 0 saturated heterocycles. The maximum absolute atomic E-state index is 5.91. The summed E-state index contributed by atoms with van der Waals surface area (Å²) >= 11 is 9.48. The fourth-order valence-corrected chi connectivity index (χ4v) is 2.73. The minimum absolute atomic E-state index is 0.445. The third-order valence-electron chi connectivity index (χ3n) is 3.01. The predicted molar refractivity (Wildman–Crippen MR) is 84.5 cm³/mol. The Labute approximate surface area is 127 Å². The lowest BCUT2D eigenvalue weighted by Gasteiger charge is -2.15. The first-order valence-electron chi connectivity index (χ1n) is 6.29. The Morgan fingerprint density at radius 1 is 1.00 bits per heavy atom. The number of halogens is 2. The van der Waals surface area contributed by atoms with Crippen LogP contribution in [0.1, 0.15) is 17.9 Å². The van der Waals surface area contributed by atoms with Crippen molar-refractivity contribution in [3.05, 3.63) is 65.2 Å². The highest BCUT2D eigenvalue weighted by Crippen LogP contribution is 2.24. The van der Waals surface area contributed by atoms with Crippen molar-refractivity contribution in [1.29, 1.82) is 0 Å². The summed E-state index contributed by atoms with van der Waals surface area (Å²) in [5.41, 5.74) is 1.29. The average molecular weight is 340 g/mol. The summed E-state index contributed by atoms with van der Waals surface area (Å²) in [7, 11) is 0. The molecule has 0 N–H and O–H groups in total. The molecule has 0 amide bonds. The van der Waals surface area contributed by atoms with Gasteiger partial charge >= 0.3 is 0 Å². The second-order valence-electron chi connectivity index (χ2n) is 4.35. The normalized spacial score (nSPS) is 12.1. The number of hydrogen-bond acceptors (Lipinski definition) is 1. The zero-order valence-corrected chi connectivity index (χ0v) is 12.9. The Kier molecular flexibility index (Phi) is 5.74. The molecule has 0 radical (unpaired) electrons. The third-order valence-corrected chi connectivity index (χ3v) is 4.04. The van der Waals surface area contributed by atoms with Crippen LogP contribution in [0, 0.1) is 0 Å². The molecule has 0 aliphatic carbocycles. The van der Waals surface area contributed by atoms with E-state index < -0.39 is 0 Å². The predicted octanol–water partition coefficient (Wildman–Crippen LogP) is 5.29. The lowest BCUT2D eigenvalue weighted by Crippen LogP contribution is -2.07. The largest absolute Gasteiger partial charge is 0.494 e. The summed E-state index contributed by atoms with van der Waals surface area (Å²) in [4.78, 5) is 0. The van der Waals surface area contributed by atoms with Crippen LogP contribution in [0.25, 0.3) is 0 Å². The Morgan fingerprint density at radius 2 is 1.68 bits per heavy atom. The molecule has 3 heteroatoms. The van der Waals surface area contributed by atoms with E-state index in [0.29, 0.717) is 12.5 Å². The van der Waals surface area contributed by atoms with E-state index in [-0.39, 0.29) is 0 Å². The van der Waals surface area contributed by atoms with E-state index in [4.69, 9.17) is 16.3 Å². The standard InChI is InChI=1S/C16H16BrClO/c17-12-14(13-6-8-15(18)9-7-13)10-11-19-16-4-2-1-3-5-16/h1-9,14H,10-12H2. The maximum atomic E-state index is 5.91. The molecule has 0 fully saturated rings. The zero-order valence-electron chi connectivity index (χ0n) is 10.6. The first-order chi connectivity index (χ1) is 9.29. The molecule has 0 saturated carbocycles. The molecule has 1 atom stereocenters. The Balaban J connectivity index is 1.87. The molecular weight excluding hydrogens is 324 g/mol. The molecule has 2 aromatic carbocycles. The molecule has 0 aliphatic heterocycles. The lowest BCUT2D eigenvalue weighted by atomic mass is 9.98. The second-order valence-corrected chi connectivity index (χ2v) is 5.44. The van der Waals surface area contributed by atoms with Crippen LogP contribution in [0.3, 0.4) is 0 Å². The topological polar surface area (TPSA) is 9.23 Å². The van der Waals surface area contributed by atoms with Crippen LogP contribution in [0.15, 0.2) is 54.6 Å². The summed E-state index contributed by atoms with van der Waals surface area (Å²) in [6.07, 6.45) is 0.974. The number of para-hydroxylation sites is 1. The molecule has 0 aliphatic rings. The van der Waals surface area contributed by atoms with Crippen LogP contribution in [0.2, 0.25) is 5.02 Å². The van der Waals surface area contributed by atoms with Crippen molar-refractivity contribution < 1.29 is 4.74 Å². The van der Waals surface area contributed by atoms with Gasteiger partial charge in [0.1, 0.15) is 5.75 Å². The highest BCUT2D eigenvalue weighted by molar-refractivity contribution is 9.09. The number of ether oxygens (including phenoxy) is 1. The number of benzene rings is 2. The second kappa shape index (κ2) is 7.56. The highest BCUT2D eigenvalue weighted by Gasteiger charge is 2.10. The summed E-state index contributed by atoms with van der Waals surface area (Å²) in [5.74, 6) is 1.37. The highest BCUT2D eigenvalue weighted by atomic mass is 79.9. The number of rotatable bonds is 6. The van der Waals surface area contributed by atoms with Crippen LogP contribution in [0.4, 0.5) is 0 Å². The van der Waals surface area contributed by atoms with E-state index in [9.17, 15) is 0 Å². The van der Waals surface area contributed by atoms with Gasteiger partial charge in [-0.15, -0.1) is 0 Å². The molecule has 19 heavy (non-hydrogen) atoms. The van der Waals surface area contributed by atoms with Crippen molar-refractivity contribution in [3.63, 3.8) is 0 Å². The van der Waals surface area contributed by atoms with E-state index in [1.54, 1.807) is 0 Å². The molecule has 0 heterocycles. The van der Waals surface area contributed by atoms with Crippen molar-refractivity contribution in [2.24, 2.45) is 0 Å². The van der Waals surface area contributed by atoms with E-state index in [0.717, 1.165) is 22.5 Å². The minimum Gasteiger partial charge on any atom is -0.494 e. The fourth-order valence-electron chi connectivity index (χ4n) is 1.90. The van der Waals surface area contributed by atoms with Gasteiger partial charge in [0.15, 0.2) is 0 Å². The van der Waals surface area contributed by atoms with E-state index >= 15 is 0 Å². The Morgan fingerprint density at radius 3 is 2.32 bits per heavy atom. The minimum atomic E-state index is 0.445. The van der Waals surface area contributed by atoms with Crippen LogP contribution >= 0.6 is 27.5 Å². The van der Waals surface area contributed by atoms with E-state index in [1.165, 1.54) is 5.56 Å². The Bertz CT molecular complexity index is 484. The lowest BCUT2D eigenvalue weighted by molar-refractivity contribution is 0.302. The molecule has 1 nitrogen and oxygen atoms in total. The summed E-state index contributed by atoms with van der Waals surface area (Å²) in [5, 5.41) is 1.70. The summed E-state index contributed by atoms with van der Waals surface area (Å²) in [6.45, 7) is 0.711. The molecule has 1 unspecified atom stereocenters. The van der Waals surface area contributed by atoms with Gasteiger partial charge in [-0.25, -0.2) is 0 Å². The van der Waals surface area contributed by atoms with Crippen molar-refractivity contribution in [2.45, 2.75) is 12.3 Å². The van der Waals surface area contributed by atoms with Crippen LogP contribution in [-0.2, 0) is 0 Å². The molecule has 100 valence electrons. The fraction of sp³-hybridized carbons (Fsp3) is 0.250. The quantitative estimate of drug-likeness (QED) is 0.650. The summed E-state index contributed by atoms with van der Waals surface area (Å²) in [6, 6.07) is 17.9. The van der Waals surface area contributed by atoms with Gasteiger partial charge < -0.3 is 4.74 Å². The van der Waals surface area contributed by atoms with Crippen LogP contribution < -0.4 is 4.74 Å². The van der Waals surface area contributed by atoms with Gasteiger partial charge in [-0.3, -0.25) is 0 Å². The first kappa shape index (κ1) is 14.4. The van der Waals surface area contributed by atoms with Gasteiger partial charge in [-0.05, 0) is 42.2 Å². The van der Waals surface area contributed by atoms with Crippen molar-refractivity contribution in [2.75, 3.05) is 11.9 Å². The molecule has 0 aromatic heterocycles. The number of hydrogen-bond donors (Lipinski definition) is 0. The SMILES string of the molecule is Clc1ccc(C(CBr)CCOc2ccccc2)cc1. The summed E-state index contributed by atoms with van der Waals surface area (Å²) < 4.78 is 5.74. The smallest absolute Gasteiger partial charge is 0.119 e. The van der Waals surface area contributed by atoms with Crippen LogP contribution in [-0.4, -0.2) is 11.9 Å². The van der Waals surface area contributed by atoms with Gasteiger partial charge in [0, 0.05) is 10.4 Å². The van der Waals surface area contributed by atoms with Gasteiger partial charge in [-0.2, -0.15) is 0 Å². The van der Waals surface area contributed by atoms with Crippen molar-refractivity contribution in [3.8, 4) is 5.75 Å². The molecule has 2 rings (SSSR count). The maximum Gasteiger partial charge on any atom is 0.119 e. The molecular formula is C16H16BrClO. The average Bonchev–Trinajstić information content (AvgIpc) is 2.46. The number of alkyl halides is 1. The molecule has 0 spiro atoms. The van der Waals surface area contributed by atoms with Gasteiger partial charge in [0.25, 0.3) is 0 Å². The van der Waals surface area contributed by atoms with Gasteiger partial charge in [0.2, 0.25) is 0 Å². The van der Waals surface area contributed by atoms with Crippen molar-refractivity contribution >= 4 is 27.5 Å². The molecule has 2 aromatic rings. The van der Waals surface area contributed by atoms with E-state index in [2.05, 4.69) is 28.1 Å². The third kappa shape index (κ3) is 4.55. The first-order valence-corrected chi connectivity index (χ1v) is 7.79. The Hall–Kier alpha value is -0.990. The zero-order chi connectivity index (χ0) is 13.5. The van der Waals surface area contributed by atoms with Crippen molar-refractivity contribution in [1.82, 2.24) is 0 Å². The van der Waals surface area contributed by atoms with Crippen LogP contribution in [0.5, 0.6) is 5.75 Å². The van der Waals surface area contributed by atoms with Gasteiger partial charge in [0.05, 0.1) is 6.61 Å². The van der Waals surface area contributed by atoms with E-state index in [1.807, 2.05) is 42.5 Å². The monoisotopic (exact) mass is 338 g/mol.